The zero-order chi connectivity index (χ0) is 14.5. The molecule has 0 saturated carbocycles. The van der Waals surface area contributed by atoms with Crippen molar-refractivity contribution in [3.8, 4) is 0 Å². The molecule has 1 aliphatic rings. The van der Waals surface area contributed by atoms with Gasteiger partial charge in [0.25, 0.3) is 0 Å². The highest BCUT2D eigenvalue weighted by Gasteiger charge is 2.33. The maximum Gasteiger partial charge on any atom is 0.225 e. The van der Waals surface area contributed by atoms with Gasteiger partial charge in [-0.05, 0) is 26.9 Å². The van der Waals surface area contributed by atoms with E-state index in [1.807, 2.05) is 32.8 Å². The standard InChI is InChI=1S/C14H29N3O2/c1-12(2)13(18)17-8-5-14(19,6-9-17)11-15-7-10-16(3)4/h12,15,19H,5-11H2,1-4H3. The van der Waals surface area contributed by atoms with Crippen LogP contribution in [-0.4, -0.2) is 73.2 Å². The van der Waals surface area contributed by atoms with Gasteiger partial charge in [0, 0.05) is 38.6 Å². The molecule has 0 aliphatic carbocycles. The second-order valence-electron chi connectivity index (χ2n) is 6.18. The largest absolute Gasteiger partial charge is 0.388 e. The predicted molar refractivity (Wildman–Crippen MR) is 77.0 cm³/mol. The molecule has 0 aromatic carbocycles. The highest BCUT2D eigenvalue weighted by molar-refractivity contribution is 5.78. The van der Waals surface area contributed by atoms with Gasteiger partial charge in [-0.25, -0.2) is 0 Å². The fraction of sp³-hybridized carbons (Fsp3) is 0.929. The first kappa shape index (κ1) is 16.4. The molecule has 0 aromatic heterocycles. The molecule has 19 heavy (non-hydrogen) atoms. The molecule has 1 fully saturated rings. The number of piperidine rings is 1. The number of carbonyl (C=O) groups is 1. The summed E-state index contributed by atoms with van der Waals surface area (Å²) in [5, 5.41) is 13.8. The minimum atomic E-state index is -0.653. The number of hydrogen-bond donors (Lipinski definition) is 2. The Bertz CT molecular complexity index is 284. The lowest BCUT2D eigenvalue weighted by molar-refractivity contribution is -0.138. The number of rotatable bonds is 6. The van der Waals surface area contributed by atoms with E-state index in [0.29, 0.717) is 32.5 Å². The number of aliphatic hydroxyl groups is 1. The van der Waals surface area contributed by atoms with Gasteiger partial charge in [-0.3, -0.25) is 4.79 Å². The van der Waals surface area contributed by atoms with E-state index < -0.39 is 5.60 Å². The average Bonchev–Trinajstić information content (AvgIpc) is 2.34. The maximum absolute atomic E-state index is 11.9. The normalized spacial score (nSPS) is 19.2. The lowest BCUT2D eigenvalue weighted by Crippen LogP contribution is -2.52. The first-order chi connectivity index (χ1) is 8.84. The van der Waals surface area contributed by atoms with Crippen LogP contribution < -0.4 is 5.32 Å². The van der Waals surface area contributed by atoms with E-state index >= 15 is 0 Å². The van der Waals surface area contributed by atoms with Crippen molar-refractivity contribution in [3.05, 3.63) is 0 Å². The van der Waals surface area contributed by atoms with E-state index in [2.05, 4.69) is 10.2 Å². The van der Waals surface area contributed by atoms with E-state index in [-0.39, 0.29) is 11.8 Å². The molecule has 2 N–H and O–H groups in total. The summed E-state index contributed by atoms with van der Waals surface area (Å²) in [5.74, 6) is 0.243. The summed E-state index contributed by atoms with van der Waals surface area (Å²) in [4.78, 5) is 15.9. The number of likely N-dealkylation sites (N-methyl/N-ethyl adjacent to an activating group) is 1. The molecule has 112 valence electrons. The highest BCUT2D eigenvalue weighted by atomic mass is 16.3. The Morgan fingerprint density at radius 2 is 1.95 bits per heavy atom. The molecule has 0 radical (unpaired) electrons. The lowest BCUT2D eigenvalue weighted by atomic mass is 9.91. The van der Waals surface area contributed by atoms with Crippen LogP contribution in [0.4, 0.5) is 0 Å². The fourth-order valence-electron chi connectivity index (χ4n) is 2.31. The fourth-order valence-corrected chi connectivity index (χ4v) is 2.31. The van der Waals surface area contributed by atoms with Crippen LogP contribution in [0.2, 0.25) is 0 Å². The summed E-state index contributed by atoms with van der Waals surface area (Å²) in [6.07, 6.45) is 1.33. The minimum Gasteiger partial charge on any atom is -0.388 e. The minimum absolute atomic E-state index is 0.0457. The monoisotopic (exact) mass is 271 g/mol. The van der Waals surface area contributed by atoms with Crippen LogP contribution in [0.5, 0.6) is 0 Å². The molecule has 1 amide bonds. The smallest absolute Gasteiger partial charge is 0.225 e. The SMILES string of the molecule is CC(C)C(=O)N1CCC(O)(CNCCN(C)C)CC1. The molecule has 0 spiro atoms. The van der Waals surface area contributed by atoms with Crippen LogP contribution in [0, 0.1) is 5.92 Å². The number of nitrogens with zero attached hydrogens (tertiary/aromatic N) is 2. The van der Waals surface area contributed by atoms with Crippen molar-refractivity contribution in [2.45, 2.75) is 32.3 Å². The summed E-state index contributed by atoms with van der Waals surface area (Å²) in [5.41, 5.74) is -0.653. The van der Waals surface area contributed by atoms with Gasteiger partial charge in [0.15, 0.2) is 0 Å². The first-order valence-electron chi connectivity index (χ1n) is 7.21. The van der Waals surface area contributed by atoms with E-state index in [9.17, 15) is 9.90 Å². The molecule has 0 aromatic rings. The topological polar surface area (TPSA) is 55.8 Å². The lowest BCUT2D eigenvalue weighted by Gasteiger charge is -2.39. The van der Waals surface area contributed by atoms with E-state index in [1.165, 1.54) is 0 Å². The molecule has 1 heterocycles. The Morgan fingerprint density at radius 3 is 2.42 bits per heavy atom. The van der Waals surface area contributed by atoms with Gasteiger partial charge in [-0.2, -0.15) is 0 Å². The van der Waals surface area contributed by atoms with Gasteiger partial charge in [0.1, 0.15) is 0 Å². The van der Waals surface area contributed by atoms with Crippen LogP contribution in [0.1, 0.15) is 26.7 Å². The Balaban J connectivity index is 2.29. The van der Waals surface area contributed by atoms with Gasteiger partial charge in [-0.1, -0.05) is 13.8 Å². The second-order valence-corrected chi connectivity index (χ2v) is 6.18. The number of hydrogen-bond acceptors (Lipinski definition) is 4. The van der Waals surface area contributed by atoms with Crippen molar-refractivity contribution in [2.24, 2.45) is 5.92 Å². The second kappa shape index (κ2) is 7.22. The summed E-state index contributed by atoms with van der Waals surface area (Å²) in [7, 11) is 4.07. The van der Waals surface area contributed by atoms with Gasteiger partial charge in [0.2, 0.25) is 5.91 Å². The number of carbonyl (C=O) groups excluding carboxylic acids is 1. The van der Waals surface area contributed by atoms with Crippen LogP contribution in [0.3, 0.4) is 0 Å². The third-order valence-electron chi connectivity index (χ3n) is 3.69. The maximum atomic E-state index is 11.9. The van der Waals surface area contributed by atoms with Crippen molar-refractivity contribution in [3.63, 3.8) is 0 Å². The molecule has 0 bridgehead atoms. The summed E-state index contributed by atoms with van der Waals surface area (Å²) >= 11 is 0. The molecular formula is C14H29N3O2. The van der Waals surface area contributed by atoms with Gasteiger partial charge in [0.05, 0.1) is 5.60 Å². The van der Waals surface area contributed by atoms with Crippen LogP contribution in [0.25, 0.3) is 0 Å². The Labute approximate surface area is 117 Å². The van der Waals surface area contributed by atoms with Crippen LogP contribution >= 0.6 is 0 Å². The summed E-state index contributed by atoms with van der Waals surface area (Å²) in [6.45, 7) is 7.65. The van der Waals surface area contributed by atoms with E-state index in [1.54, 1.807) is 0 Å². The predicted octanol–water partition coefficient (Wildman–Crippen LogP) is 0.147. The molecule has 5 nitrogen and oxygen atoms in total. The number of amides is 1. The van der Waals surface area contributed by atoms with Crippen molar-refractivity contribution < 1.29 is 9.90 Å². The Morgan fingerprint density at radius 1 is 1.37 bits per heavy atom. The molecule has 5 heteroatoms. The molecule has 0 unspecified atom stereocenters. The highest BCUT2D eigenvalue weighted by Crippen LogP contribution is 2.22. The first-order valence-corrected chi connectivity index (χ1v) is 7.21. The molecular weight excluding hydrogens is 242 g/mol. The zero-order valence-corrected chi connectivity index (χ0v) is 12.8. The zero-order valence-electron chi connectivity index (χ0n) is 12.8. The van der Waals surface area contributed by atoms with Crippen molar-refractivity contribution >= 4 is 5.91 Å². The summed E-state index contributed by atoms with van der Waals surface area (Å²) < 4.78 is 0. The Hall–Kier alpha value is -0.650. The quantitative estimate of drug-likeness (QED) is 0.675. The van der Waals surface area contributed by atoms with Gasteiger partial charge in [-0.15, -0.1) is 0 Å². The van der Waals surface area contributed by atoms with Crippen molar-refractivity contribution in [2.75, 3.05) is 46.8 Å². The summed E-state index contributed by atoms with van der Waals surface area (Å²) in [6, 6.07) is 0. The number of likely N-dealkylation sites (tertiary alicyclic amines) is 1. The van der Waals surface area contributed by atoms with E-state index in [0.717, 1.165) is 13.1 Å². The van der Waals surface area contributed by atoms with E-state index in [4.69, 9.17) is 0 Å². The van der Waals surface area contributed by atoms with Crippen LogP contribution in [-0.2, 0) is 4.79 Å². The third-order valence-corrected chi connectivity index (χ3v) is 3.69. The van der Waals surface area contributed by atoms with Crippen LogP contribution in [0.15, 0.2) is 0 Å². The van der Waals surface area contributed by atoms with Crippen molar-refractivity contribution in [1.29, 1.82) is 0 Å². The molecule has 0 atom stereocenters. The molecule has 1 aliphatic heterocycles. The van der Waals surface area contributed by atoms with Gasteiger partial charge < -0.3 is 20.2 Å². The molecule has 1 rings (SSSR count). The number of nitrogens with one attached hydrogen (secondary N) is 1. The Kier molecular flexibility index (Phi) is 6.23. The van der Waals surface area contributed by atoms with Gasteiger partial charge >= 0.3 is 0 Å². The third kappa shape index (κ3) is 5.47. The van der Waals surface area contributed by atoms with Crippen molar-refractivity contribution in [1.82, 2.24) is 15.1 Å². The average molecular weight is 271 g/mol. The molecule has 1 saturated heterocycles.